The van der Waals surface area contributed by atoms with Crippen LogP contribution >= 0.6 is 0 Å². The lowest BCUT2D eigenvalue weighted by molar-refractivity contribution is 0.112. The minimum atomic E-state index is -0.218. The summed E-state index contributed by atoms with van der Waals surface area (Å²) in [5.41, 5.74) is 1.69. The van der Waals surface area contributed by atoms with Crippen molar-refractivity contribution in [3.05, 3.63) is 24.0 Å². The molecular weight excluding hydrogens is 356 g/mol. The Morgan fingerprint density at radius 2 is 2.25 bits per heavy atom. The summed E-state index contributed by atoms with van der Waals surface area (Å²) in [7, 11) is 1.61. The van der Waals surface area contributed by atoms with Crippen LogP contribution in [0.3, 0.4) is 0 Å². The van der Waals surface area contributed by atoms with E-state index in [-0.39, 0.29) is 12.1 Å². The lowest BCUT2D eigenvalue weighted by Crippen LogP contribution is -2.51. The minimum Gasteiger partial charge on any atom is -0.346 e. The smallest absolute Gasteiger partial charge is 0.321 e. The molecule has 1 saturated heterocycles. The van der Waals surface area contributed by atoms with Crippen LogP contribution in [0.2, 0.25) is 0 Å². The second kappa shape index (κ2) is 9.33. The Morgan fingerprint density at radius 1 is 1.46 bits per heavy atom. The van der Waals surface area contributed by atoms with Crippen LogP contribution in [-0.2, 0) is 0 Å². The van der Waals surface area contributed by atoms with Crippen LogP contribution in [-0.4, -0.2) is 59.9 Å². The number of piperidine rings is 1. The first-order chi connectivity index (χ1) is 13.7. The minimum absolute atomic E-state index is 0.00880. The molecule has 0 bridgehead atoms. The van der Waals surface area contributed by atoms with Gasteiger partial charge >= 0.3 is 6.03 Å². The van der Waals surface area contributed by atoms with Crippen molar-refractivity contribution < 1.29 is 9.59 Å². The second-order valence-electron chi connectivity index (χ2n) is 7.03. The van der Waals surface area contributed by atoms with Crippen LogP contribution in [0.5, 0.6) is 0 Å². The number of unbranched alkanes of at least 4 members (excludes halogenated alkanes) is 2. The fourth-order valence-electron chi connectivity index (χ4n) is 3.88. The molecule has 0 unspecified atom stereocenters. The number of anilines is 1. The maximum absolute atomic E-state index is 12.8. The Kier molecular flexibility index (Phi) is 6.61. The number of carbonyl (C=O) groups excluding carboxylic acids is 2. The summed E-state index contributed by atoms with van der Waals surface area (Å²) in [6, 6.07) is 3.82. The fourth-order valence-corrected chi connectivity index (χ4v) is 3.88. The lowest BCUT2D eigenvalue weighted by atomic mass is 10.0. The van der Waals surface area contributed by atoms with Crippen molar-refractivity contribution in [2.24, 2.45) is 0 Å². The number of urea groups is 1. The highest BCUT2D eigenvalue weighted by Gasteiger charge is 2.31. The predicted octanol–water partition coefficient (Wildman–Crippen LogP) is 2.68. The maximum Gasteiger partial charge on any atom is 0.321 e. The van der Waals surface area contributed by atoms with Crippen LogP contribution < -0.4 is 10.2 Å². The fraction of sp³-hybridized carbons (Fsp3) is 0.500. The number of rotatable bonds is 7. The number of pyridine rings is 1. The Labute approximate surface area is 164 Å². The van der Waals surface area contributed by atoms with Crippen molar-refractivity contribution in [1.29, 1.82) is 5.26 Å². The van der Waals surface area contributed by atoms with E-state index in [0.29, 0.717) is 23.3 Å². The van der Waals surface area contributed by atoms with Crippen LogP contribution in [0.25, 0.3) is 11.0 Å². The third-order valence-corrected chi connectivity index (χ3v) is 5.32. The Hall–Kier alpha value is -2.92. The van der Waals surface area contributed by atoms with Crippen LogP contribution in [0.4, 0.5) is 10.5 Å². The number of fused-ring (bicyclic) bond motifs is 1. The molecule has 2 aromatic heterocycles. The molecule has 2 N–H and O–H groups in total. The molecule has 1 aliphatic rings. The van der Waals surface area contributed by atoms with E-state index in [9.17, 15) is 9.59 Å². The number of nitrogens with zero attached hydrogens (tertiary/aromatic N) is 4. The molecule has 1 fully saturated rings. The number of hydrogen-bond acceptors (Lipinski definition) is 5. The molecule has 0 spiro atoms. The summed E-state index contributed by atoms with van der Waals surface area (Å²) in [5, 5.41) is 12.1. The summed E-state index contributed by atoms with van der Waals surface area (Å²) >= 11 is 0. The molecule has 1 aliphatic heterocycles. The molecule has 0 aliphatic carbocycles. The van der Waals surface area contributed by atoms with E-state index in [0.717, 1.165) is 57.0 Å². The van der Waals surface area contributed by atoms with Crippen molar-refractivity contribution in [3.63, 3.8) is 0 Å². The number of aldehydes is 1. The van der Waals surface area contributed by atoms with Gasteiger partial charge in [-0.05, 0) is 38.3 Å². The first-order valence-corrected chi connectivity index (χ1v) is 9.71. The number of carbonyl (C=O) groups is 2. The van der Waals surface area contributed by atoms with E-state index in [4.69, 9.17) is 5.26 Å². The largest absolute Gasteiger partial charge is 0.346 e. The van der Waals surface area contributed by atoms with Gasteiger partial charge in [-0.2, -0.15) is 5.26 Å². The van der Waals surface area contributed by atoms with E-state index >= 15 is 0 Å². The van der Waals surface area contributed by atoms with Gasteiger partial charge in [0.15, 0.2) is 6.29 Å². The molecule has 0 atom stereocenters. The van der Waals surface area contributed by atoms with Crippen molar-refractivity contribution in [3.8, 4) is 6.07 Å². The Balaban J connectivity index is 1.80. The average Bonchev–Trinajstić information content (AvgIpc) is 3.21. The summed E-state index contributed by atoms with van der Waals surface area (Å²) in [5.74, 6) is 0. The second-order valence-corrected chi connectivity index (χ2v) is 7.03. The average molecular weight is 382 g/mol. The molecule has 8 heteroatoms. The van der Waals surface area contributed by atoms with Gasteiger partial charge < -0.3 is 15.2 Å². The van der Waals surface area contributed by atoms with Gasteiger partial charge in [-0.1, -0.05) is 0 Å². The van der Waals surface area contributed by atoms with Gasteiger partial charge in [0.05, 0.1) is 17.3 Å². The van der Waals surface area contributed by atoms with Gasteiger partial charge in [-0.25, -0.2) is 9.78 Å². The third kappa shape index (κ3) is 4.15. The van der Waals surface area contributed by atoms with Gasteiger partial charge in [0.25, 0.3) is 0 Å². The van der Waals surface area contributed by atoms with Gasteiger partial charge in [-0.3, -0.25) is 9.69 Å². The lowest BCUT2D eigenvalue weighted by Gasteiger charge is -2.39. The molecule has 2 aromatic rings. The standard InChI is InChI=1S/C20H26N6O2/c1-22-20(28)26(16-6-11-25(12-7-16)10-4-2-3-8-21)18-15(14-27)13-24-19-17(18)5-9-23-19/h5,9,13-14,16H,2-4,6-7,10-12H2,1H3,(H,22,28)(H,23,24). The van der Waals surface area contributed by atoms with Crippen LogP contribution in [0, 0.1) is 11.3 Å². The highest BCUT2D eigenvalue weighted by Crippen LogP contribution is 2.32. The van der Waals surface area contributed by atoms with E-state index in [1.54, 1.807) is 18.1 Å². The number of aromatic nitrogens is 2. The summed E-state index contributed by atoms with van der Waals surface area (Å²) in [4.78, 5) is 35.9. The van der Waals surface area contributed by atoms with Gasteiger partial charge in [-0.15, -0.1) is 0 Å². The predicted molar refractivity (Wildman–Crippen MR) is 107 cm³/mol. The zero-order valence-corrected chi connectivity index (χ0v) is 16.1. The molecule has 3 rings (SSSR count). The summed E-state index contributed by atoms with van der Waals surface area (Å²) in [6.07, 6.45) is 8.24. The van der Waals surface area contributed by atoms with Crippen LogP contribution in [0.1, 0.15) is 42.5 Å². The zero-order chi connectivity index (χ0) is 19.9. The van der Waals surface area contributed by atoms with E-state index in [1.165, 1.54) is 6.20 Å². The van der Waals surface area contributed by atoms with Gasteiger partial charge in [0.2, 0.25) is 0 Å². The monoisotopic (exact) mass is 382 g/mol. The molecule has 0 radical (unpaired) electrons. The number of amides is 2. The Morgan fingerprint density at radius 3 is 2.93 bits per heavy atom. The highest BCUT2D eigenvalue weighted by molar-refractivity contribution is 6.07. The van der Waals surface area contributed by atoms with Gasteiger partial charge in [0, 0.05) is 50.4 Å². The maximum atomic E-state index is 12.8. The molecule has 0 saturated carbocycles. The molecule has 28 heavy (non-hydrogen) atoms. The quantitative estimate of drug-likeness (QED) is 0.566. The molecule has 8 nitrogen and oxygen atoms in total. The topological polar surface area (TPSA) is 105 Å². The number of nitrogens with one attached hydrogen (secondary N) is 2. The van der Waals surface area contributed by atoms with E-state index in [1.807, 2.05) is 6.07 Å². The summed E-state index contributed by atoms with van der Waals surface area (Å²) in [6.45, 7) is 2.76. The number of likely N-dealkylation sites (tertiary alicyclic amines) is 1. The highest BCUT2D eigenvalue weighted by atomic mass is 16.2. The number of nitriles is 1. The van der Waals surface area contributed by atoms with E-state index < -0.39 is 0 Å². The molecule has 148 valence electrons. The SMILES string of the molecule is CNC(=O)N(c1c(C=O)cnc2[nH]ccc12)C1CCN(CCCCC#N)CC1. The van der Waals surface area contributed by atoms with Crippen molar-refractivity contribution in [2.75, 3.05) is 31.6 Å². The third-order valence-electron chi connectivity index (χ3n) is 5.32. The molecule has 0 aromatic carbocycles. The van der Waals surface area contributed by atoms with E-state index in [2.05, 4.69) is 26.3 Å². The molecule has 2 amide bonds. The molecule has 3 heterocycles. The number of aromatic amines is 1. The van der Waals surface area contributed by atoms with Gasteiger partial charge in [0.1, 0.15) is 5.65 Å². The van der Waals surface area contributed by atoms with Crippen molar-refractivity contribution in [2.45, 2.75) is 38.1 Å². The normalized spacial score (nSPS) is 15.3. The Bertz CT molecular complexity index is 863. The summed E-state index contributed by atoms with van der Waals surface area (Å²) < 4.78 is 0. The number of H-pyrrole nitrogens is 1. The van der Waals surface area contributed by atoms with Crippen molar-refractivity contribution in [1.82, 2.24) is 20.2 Å². The van der Waals surface area contributed by atoms with Crippen LogP contribution in [0.15, 0.2) is 18.5 Å². The zero-order valence-electron chi connectivity index (χ0n) is 16.1. The van der Waals surface area contributed by atoms with Crippen molar-refractivity contribution >= 4 is 29.0 Å². The first-order valence-electron chi connectivity index (χ1n) is 9.71. The number of hydrogen-bond donors (Lipinski definition) is 2. The first kappa shape index (κ1) is 19.8. The molecular formula is C20H26N6O2.